The average Bonchev–Trinajstić information content (AvgIpc) is 2.21. The highest BCUT2D eigenvalue weighted by atomic mass is 16.1. The van der Waals surface area contributed by atoms with Crippen LogP contribution in [0.2, 0.25) is 0 Å². The summed E-state index contributed by atoms with van der Waals surface area (Å²) in [5, 5.41) is 0. The fourth-order valence-corrected chi connectivity index (χ4v) is 1.82. The van der Waals surface area contributed by atoms with Crippen molar-refractivity contribution >= 4 is 6.29 Å². The average molecular weight is 219 g/mol. The van der Waals surface area contributed by atoms with E-state index in [0.717, 1.165) is 19.1 Å². The molecule has 2 nitrogen and oxygen atoms in total. The number of aldehydes is 1. The van der Waals surface area contributed by atoms with Crippen molar-refractivity contribution in [1.29, 1.82) is 0 Å². The zero-order chi connectivity index (χ0) is 12.2. The summed E-state index contributed by atoms with van der Waals surface area (Å²) in [4.78, 5) is 10.8. The van der Waals surface area contributed by atoms with E-state index >= 15 is 0 Å². The van der Waals surface area contributed by atoms with Crippen LogP contribution in [0.15, 0.2) is 24.3 Å². The molecule has 2 heteroatoms. The van der Waals surface area contributed by atoms with Crippen molar-refractivity contribution in [2.75, 3.05) is 0 Å². The number of carbonyl (C=O) groups excluding carboxylic acids is 1. The number of hydrogen-bond acceptors (Lipinski definition) is 2. The first kappa shape index (κ1) is 12.9. The lowest BCUT2D eigenvalue weighted by atomic mass is 9.85. The second-order valence-corrected chi connectivity index (χ2v) is 5.26. The minimum atomic E-state index is -0.315. The van der Waals surface area contributed by atoms with Gasteiger partial charge in [-0.15, -0.1) is 0 Å². The molecule has 0 fully saturated rings. The predicted molar refractivity (Wildman–Crippen MR) is 67.3 cm³/mol. The smallest absolute Gasteiger partial charge is 0.125 e. The van der Waals surface area contributed by atoms with E-state index in [1.807, 2.05) is 13.8 Å². The molecular formula is C14H21NO. The number of aryl methyl sites for hydroxylation is 1. The molecule has 0 radical (unpaired) electrons. The third-order valence-electron chi connectivity index (χ3n) is 2.73. The Morgan fingerprint density at radius 2 is 1.88 bits per heavy atom. The summed E-state index contributed by atoms with van der Waals surface area (Å²) in [5.74, 6) is 0. The molecule has 0 aliphatic heterocycles. The van der Waals surface area contributed by atoms with E-state index in [4.69, 9.17) is 5.73 Å². The minimum absolute atomic E-state index is 0.0444. The van der Waals surface area contributed by atoms with Gasteiger partial charge in [-0.2, -0.15) is 0 Å². The molecule has 0 amide bonds. The molecule has 0 aliphatic carbocycles. The summed E-state index contributed by atoms with van der Waals surface area (Å²) in [6, 6.07) is 8.43. The first-order valence-corrected chi connectivity index (χ1v) is 5.70. The lowest BCUT2D eigenvalue weighted by Crippen LogP contribution is -2.30. The van der Waals surface area contributed by atoms with E-state index in [-0.39, 0.29) is 11.5 Å². The van der Waals surface area contributed by atoms with E-state index in [1.165, 1.54) is 11.1 Å². The quantitative estimate of drug-likeness (QED) is 0.773. The number of rotatable bonds is 5. The van der Waals surface area contributed by atoms with Crippen LogP contribution in [0.1, 0.15) is 31.4 Å². The zero-order valence-electron chi connectivity index (χ0n) is 10.4. The fourth-order valence-electron chi connectivity index (χ4n) is 1.82. The highest BCUT2D eigenvalue weighted by Crippen LogP contribution is 2.20. The Kier molecular flexibility index (Phi) is 4.25. The van der Waals surface area contributed by atoms with E-state index in [2.05, 4.69) is 31.2 Å². The van der Waals surface area contributed by atoms with Crippen LogP contribution in [0.3, 0.4) is 0 Å². The molecule has 0 aromatic heterocycles. The lowest BCUT2D eigenvalue weighted by molar-refractivity contribution is -0.115. The van der Waals surface area contributed by atoms with Crippen LogP contribution >= 0.6 is 0 Å². The van der Waals surface area contributed by atoms with Gasteiger partial charge >= 0.3 is 0 Å². The molecule has 1 aromatic rings. The topological polar surface area (TPSA) is 43.1 Å². The predicted octanol–water partition coefficient (Wildman–Crippen LogP) is 2.48. The van der Waals surface area contributed by atoms with E-state index in [0.29, 0.717) is 0 Å². The lowest BCUT2D eigenvalue weighted by Gasteiger charge is -2.21. The SMILES string of the molecule is Cc1ccc(C[C@H](N)CC(C)(C)C=O)cc1. The Bertz CT molecular complexity index is 340. The molecule has 1 aromatic carbocycles. The molecule has 0 saturated carbocycles. The number of nitrogens with two attached hydrogens (primary N) is 1. The van der Waals surface area contributed by atoms with E-state index in [1.54, 1.807) is 0 Å². The normalized spacial score (nSPS) is 13.5. The first-order valence-electron chi connectivity index (χ1n) is 5.70. The largest absolute Gasteiger partial charge is 0.327 e. The van der Waals surface area contributed by atoms with Crippen LogP contribution in [0.5, 0.6) is 0 Å². The van der Waals surface area contributed by atoms with Gasteiger partial charge in [-0.05, 0) is 25.3 Å². The maximum absolute atomic E-state index is 10.8. The zero-order valence-corrected chi connectivity index (χ0v) is 10.4. The first-order chi connectivity index (χ1) is 7.43. The Balaban J connectivity index is 2.54. The molecule has 0 saturated heterocycles. The third kappa shape index (κ3) is 4.15. The van der Waals surface area contributed by atoms with Crippen molar-refractivity contribution in [1.82, 2.24) is 0 Å². The van der Waals surface area contributed by atoms with Crippen LogP contribution < -0.4 is 5.73 Å². The van der Waals surface area contributed by atoms with Gasteiger partial charge in [0.25, 0.3) is 0 Å². The molecule has 0 unspecified atom stereocenters. The highest BCUT2D eigenvalue weighted by Gasteiger charge is 2.20. The van der Waals surface area contributed by atoms with Crippen molar-refractivity contribution in [3.63, 3.8) is 0 Å². The van der Waals surface area contributed by atoms with Gasteiger partial charge in [-0.3, -0.25) is 0 Å². The van der Waals surface area contributed by atoms with Crippen LogP contribution in [0.25, 0.3) is 0 Å². The maximum Gasteiger partial charge on any atom is 0.125 e. The second kappa shape index (κ2) is 5.26. The summed E-state index contributed by atoms with van der Waals surface area (Å²) >= 11 is 0. The van der Waals surface area contributed by atoms with Crippen LogP contribution in [-0.2, 0) is 11.2 Å². The maximum atomic E-state index is 10.8. The highest BCUT2D eigenvalue weighted by molar-refractivity contribution is 5.57. The van der Waals surface area contributed by atoms with Crippen molar-refractivity contribution in [2.45, 2.75) is 39.7 Å². The van der Waals surface area contributed by atoms with Crippen LogP contribution in [0, 0.1) is 12.3 Å². The Morgan fingerprint density at radius 3 is 2.38 bits per heavy atom. The van der Waals surface area contributed by atoms with Crippen molar-refractivity contribution in [3.8, 4) is 0 Å². The van der Waals surface area contributed by atoms with E-state index in [9.17, 15) is 4.79 Å². The molecule has 0 spiro atoms. The Morgan fingerprint density at radius 1 is 1.31 bits per heavy atom. The van der Waals surface area contributed by atoms with Gasteiger partial charge < -0.3 is 10.5 Å². The molecule has 16 heavy (non-hydrogen) atoms. The summed E-state index contributed by atoms with van der Waals surface area (Å²) in [6.45, 7) is 5.92. The second-order valence-electron chi connectivity index (χ2n) is 5.26. The Labute approximate surface area is 97.9 Å². The summed E-state index contributed by atoms with van der Waals surface area (Å²) < 4.78 is 0. The molecule has 0 heterocycles. The molecule has 88 valence electrons. The summed E-state index contributed by atoms with van der Waals surface area (Å²) in [5.41, 5.74) is 8.22. The molecular weight excluding hydrogens is 198 g/mol. The van der Waals surface area contributed by atoms with Gasteiger partial charge in [-0.1, -0.05) is 43.7 Å². The fraction of sp³-hybridized carbons (Fsp3) is 0.500. The number of benzene rings is 1. The molecule has 1 atom stereocenters. The molecule has 0 bridgehead atoms. The van der Waals surface area contributed by atoms with Gasteiger partial charge in [0.05, 0.1) is 0 Å². The standard InChI is InChI=1S/C14H21NO/c1-11-4-6-12(7-5-11)8-13(15)9-14(2,3)10-16/h4-7,10,13H,8-9,15H2,1-3H3/t13-/m0/s1. The van der Waals surface area contributed by atoms with Crippen molar-refractivity contribution < 1.29 is 4.79 Å². The van der Waals surface area contributed by atoms with Crippen LogP contribution in [0.4, 0.5) is 0 Å². The Hall–Kier alpha value is -1.15. The molecule has 2 N–H and O–H groups in total. The van der Waals surface area contributed by atoms with E-state index < -0.39 is 0 Å². The molecule has 1 rings (SSSR count). The third-order valence-corrected chi connectivity index (χ3v) is 2.73. The van der Waals surface area contributed by atoms with Gasteiger partial charge in [0.2, 0.25) is 0 Å². The minimum Gasteiger partial charge on any atom is -0.327 e. The summed E-state index contributed by atoms with van der Waals surface area (Å²) in [6.07, 6.45) is 2.55. The van der Waals surface area contributed by atoms with Gasteiger partial charge in [0, 0.05) is 11.5 Å². The van der Waals surface area contributed by atoms with Gasteiger partial charge in [0.15, 0.2) is 0 Å². The van der Waals surface area contributed by atoms with Crippen molar-refractivity contribution in [2.24, 2.45) is 11.1 Å². The monoisotopic (exact) mass is 219 g/mol. The van der Waals surface area contributed by atoms with Crippen LogP contribution in [-0.4, -0.2) is 12.3 Å². The number of hydrogen-bond donors (Lipinski definition) is 1. The van der Waals surface area contributed by atoms with Gasteiger partial charge in [-0.25, -0.2) is 0 Å². The van der Waals surface area contributed by atoms with Crippen molar-refractivity contribution in [3.05, 3.63) is 35.4 Å². The van der Waals surface area contributed by atoms with Gasteiger partial charge in [0.1, 0.15) is 6.29 Å². The summed E-state index contributed by atoms with van der Waals surface area (Å²) in [7, 11) is 0. The molecule has 0 aliphatic rings. The number of carbonyl (C=O) groups is 1.